The van der Waals surface area contributed by atoms with Gasteiger partial charge in [-0.1, -0.05) is 30.3 Å². The molecule has 4 rings (SSSR count). The number of sulfonamides is 1. The molecule has 1 aliphatic rings. The zero-order chi connectivity index (χ0) is 15.9. The van der Waals surface area contributed by atoms with Crippen molar-refractivity contribution in [1.29, 1.82) is 0 Å². The lowest BCUT2D eigenvalue weighted by Gasteiger charge is -2.22. The Labute approximate surface area is 135 Å². The molecule has 2 heterocycles. The second-order valence-electron chi connectivity index (χ2n) is 5.76. The Morgan fingerprint density at radius 3 is 2.74 bits per heavy atom. The molecule has 1 fully saturated rings. The van der Waals surface area contributed by atoms with Crippen LogP contribution in [0.4, 0.5) is 0 Å². The van der Waals surface area contributed by atoms with Gasteiger partial charge in [0.05, 0.1) is 10.9 Å². The fraction of sp³-hybridized carbons (Fsp3) is 0.235. The van der Waals surface area contributed by atoms with Crippen LogP contribution in [0.15, 0.2) is 59.8 Å². The Bertz CT molecular complexity index is 935. The maximum atomic E-state index is 13.1. The normalized spacial score (nSPS) is 19.4. The number of aromatic amines is 1. The third-order valence-electron chi connectivity index (χ3n) is 4.37. The molecule has 3 aromatic rings. The van der Waals surface area contributed by atoms with Gasteiger partial charge in [-0.2, -0.15) is 4.31 Å². The molecule has 0 bridgehead atoms. The molecule has 23 heavy (non-hydrogen) atoms. The first-order valence-corrected chi connectivity index (χ1v) is 9.10. The molecule has 0 saturated carbocycles. The van der Waals surface area contributed by atoms with Crippen molar-refractivity contribution >= 4 is 20.8 Å². The highest BCUT2D eigenvalue weighted by Crippen LogP contribution is 2.35. The quantitative estimate of drug-likeness (QED) is 0.804. The molecule has 1 atom stereocenters. The third-order valence-corrected chi connectivity index (χ3v) is 6.27. The van der Waals surface area contributed by atoms with E-state index in [1.807, 2.05) is 30.3 Å². The minimum Gasteiger partial charge on any atom is -0.347 e. The van der Waals surface area contributed by atoms with Crippen molar-refractivity contribution in [1.82, 2.24) is 14.3 Å². The highest BCUT2D eigenvalue weighted by atomic mass is 32.2. The lowest BCUT2D eigenvalue weighted by molar-refractivity contribution is 0.385. The van der Waals surface area contributed by atoms with Crippen LogP contribution in [0, 0.1) is 0 Å². The van der Waals surface area contributed by atoms with Crippen LogP contribution in [0.1, 0.15) is 24.7 Å². The molecule has 1 saturated heterocycles. The highest BCUT2D eigenvalue weighted by molar-refractivity contribution is 7.89. The van der Waals surface area contributed by atoms with Crippen LogP contribution < -0.4 is 0 Å². The van der Waals surface area contributed by atoms with Gasteiger partial charge >= 0.3 is 0 Å². The van der Waals surface area contributed by atoms with Crippen molar-refractivity contribution in [2.75, 3.05) is 6.54 Å². The summed E-state index contributed by atoms with van der Waals surface area (Å²) in [5.74, 6) is 0.715. The van der Waals surface area contributed by atoms with E-state index in [4.69, 9.17) is 0 Å². The van der Waals surface area contributed by atoms with E-state index in [1.165, 1.54) is 0 Å². The molecule has 1 N–H and O–H groups in total. The summed E-state index contributed by atoms with van der Waals surface area (Å²) in [5, 5.41) is 1.97. The van der Waals surface area contributed by atoms with Crippen molar-refractivity contribution < 1.29 is 8.42 Å². The van der Waals surface area contributed by atoms with Crippen molar-refractivity contribution in [2.45, 2.75) is 23.8 Å². The van der Waals surface area contributed by atoms with Gasteiger partial charge in [-0.15, -0.1) is 0 Å². The zero-order valence-corrected chi connectivity index (χ0v) is 13.3. The van der Waals surface area contributed by atoms with Gasteiger partial charge < -0.3 is 4.98 Å². The van der Waals surface area contributed by atoms with Crippen LogP contribution >= 0.6 is 0 Å². The minimum absolute atomic E-state index is 0.207. The molecule has 1 aromatic heterocycles. The monoisotopic (exact) mass is 327 g/mol. The first-order valence-electron chi connectivity index (χ1n) is 7.66. The van der Waals surface area contributed by atoms with Crippen molar-refractivity contribution in [3.05, 3.63) is 60.7 Å². The lowest BCUT2D eigenvalue weighted by atomic mass is 10.1. The second-order valence-corrected chi connectivity index (χ2v) is 7.65. The van der Waals surface area contributed by atoms with Gasteiger partial charge in [0.1, 0.15) is 5.82 Å². The Morgan fingerprint density at radius 1 is 1.13 bits per heavy atom. The van der Waals surface area contributed by atoms with Gasteiger partial charge in [-0.3, -0.25) is 0 Å². The largest absolute Gasteiger partial charge is 0.347 e. The molecule has 6 heteroatoms. The maximum absolute atomic E-state index is 13.1. The number of H-pyrrole nitrogens is 1. The minimum atomic E-state index is -3.53. The highest BCUT2D eigenvalue weighted by Gasteiger charge is 2.37. The third kappa shape index (κ3) is 2.44. The second kappa shape index (κ2) is 5.47. The average Bonchev–Trinajstić information content (AvgIpc) is 3.25. The zero-order valence-electron chi connectivity index (χ0n) is 12.5. The summed E-state index contributed by atoms with van der Waals surface area (Å²) in [6, 6.07) is 12.9. The number of fused-ring (bicyclic) bond motifs is 1. The van der Waals surface area contributed by atoms with Gasteiger partial charge in [0.25, 0.3) is 0 Å². The van der Waals surface area contributed by atoms with E-state index in [-0.39, 0.29) is 6.04 Å². The number of imidazole rings is 1. The van der Waals surface area contributed by atoms with E-state index in [0.717, 1.165) is 23.6 Å². The van der Waals surface area contributed by atoms with E-state index < -0.39 is 10.0 Å². The van der Waals surface area contributed by atoms with E-state index in [0.29, 0.717) is 17.3 Å². The van der Waals surface area contributed by atoms with Crippen LogP contribution in [0.5, 0.6) is 0 Å². The summed E-state index contributed by atoms with van der Waals surface area (Å²) in [6.07, 6.45) is 5.03. The number of hydrogen-bond donors (Lipinski definition) is 1. The van der Waals surface area contributed by atoms with E-state index in [2.05, 4.69) is 9.97 Å². The number of nitrogens with zero attached hydrogens (tertiary/aromatic N) is 2. The average molecular weight is 327 g/mol. The molecule has 2 aromatic carbocycles. The van der Waals surface area contributed by atoms with Gasteiger partial charge in [0, 0.05) is 18.9 Å². The Balaban J connectivity index is 1.76. The summed E-state index contributed by atoms with van der Waals surface area (Å²) in [5.41, 5.74) is 0. The van der Waals surface area contributed by atoms with Gasteiger partial charge in [0.15, 0.2) is 0 Å². The first-order chi connectivity index (χ1) is 11.2. The van der Waals surface area contributed by atoms with Crippen LogP contribution in [-0.2, 0) is 10.0 Å². The number of hydrogen-bond acceptors (Lipinski definition) is 3. The Kier molecular flexibility index (Phi) is 3.43. The van der Waals surface area contributed by atoms with Crippen LogP contribution in [0.3, 0.4) is 0 Å². The fourth-order valence-corrected chi connectivity index (χ4v) is 4.92. The van der Waals surface area contributed by atoms with E-state index in [1.54, 1.807) is 28.8 Å². The standard InChI is InChI=1S/C17H17N3O2S/c21-23(22,15-8-7-13-4-1-2-5-14(13)12-15)20-11-3-6-16(20)17-18-9-10-19-17/h1-2,4-5,7-10,12,16H,3,6,11H2,(H,18,19). The molecular weight excluding hydrogens is 310 g/mol. The van der Waals surface area contributed by atoms with Crippen molar-refractivity contribution in [2.24, 2.45) is 0 Å². The molecule has 0 amide bonds. The lowest BCUT2D eigenvalue weighted by Crippen LogP contribution is -2.31. The van der Waals surface area contributed by atoms with E-state index in [9.17, 15) is 8.42 Å². The SMILES string of the molecule is O=S(=O)(c1ccc2ccccc2c1)N1CCCC1c1ncc[nH]1. The predicted molar refractivity (Wildman–Crippen MR) is 88.4 cm³/mol. The molecule has 0 radical (unpaired) electrons. The molecule has 118 valence electrons. The summed E-state index contributed by atoms with van der Waals surface area (Å²) < 4.78 is 27.7. The fourth-order valence-electron chi connectivity index (χ4n) is 3.22. The van der Waals surface area contributed by atoms with Crippen LogP contribution in [0.25, 0.3) is 10.8 Å². The smallest absolute Gasteiger partial charge is 0.243 e. The maximum Gasteiger partial charge on any atom is 0.243 e. The summed E-state index contributed by atoms with van der Waals surface area (Å²) in [7, 11) is -3.53. The summed E-state index contributed by atoms with van der Waals surface area (Å²) in [6.45, 7) is 0.528. The molecule has 1 aliphatic heterocycles. The number of nitrogens with one attached hydrogen (secondary N) is 1. The number of rotatable bonds is 3. The Hall–Kier alpha value is -2.18. The van der Waals surface area contributed by atoms with Crippen molar-refractivity contribution in [3.63, 3.8) is 0 Å². The molecular formula is C17H17N3O2S. The van der Waals surface area contributed by atoms with Gasteiger partial charge in [0.2, 0.25) is 10.0 Å². The molecule has 0 spiro atoms. The van der Waals surface area contributed by atoms with Crippen molar-refractivity contribution in [3.8, 4) is 0 Å². The first kappa shape index (κ1) is 14.4. The van der Waals surface area contributed by atoms with Gasteiger partial charge in [-0.05, 0) is 35.7 Å². The van der Waals surface area contributed by atoms with Crippen LogP contribution in [0.2, 0.25) is 0 Å². The Morgan fingerprint density at radius 2 is 1.96 bits per heavy atom. The number of aromatic nitrogens is 2. The summed E-state index contributed by atoms with van der Waals surface area (Å²) >= 11 is 0. The molecule has 5 nitrogen and oxygen atoms in total. The van der Waals surface area contributed by atoms with Gasteiger partial charge in [-0.25, -0.2) is 13.4 Å². The predicted octanol–water partition coefficient (Wildman–Crippen LogP) is 3.09. The van der Waals surface area contributed by atoms with E-state index >= 15 is 0 Å². The molecule has 0 aliphatic carbocycles. The van der Waals surface area contributed by atoms with Crippen LogP contribution in [-0.4, -0.2) is 29.2 Å². The topological polar surface area (TPSA) is 66.1 Å². The number of benzene rings is 2. The summed E-state index contributed by atoms with van der Waals surface area (Å²) in [4.78, 5) is 7.63. The molecule has 1 unspecified atom stereocenters.